The second-order valence-corrected chi connectivity index (χ2v) is 31.9. The summed E-state index contributed by atoms with van der Waals surface area (Å²) in [5.41, 5.74) is 40.5. The molecule has 48 heteroatoms. The zero-order chi connectivity index (χ0) is 93.7. The van der Waals surface area contributed by atoms with Gasteiger partial charge in [0.15, 0.2) is 11.9 Å². The van der Waals surface area contributed by atoms with Crippen molar-refractivity contribution in [3.8, 4) is 0 Å². The number of aliphatic carboxylic acids is 2. The number of carboxylic acid groups (broad SMARTS) is 2. The lowest BCUT2D eigenvalue weighted by Crippen LogP contribution is -2.61. The van der Waals surface area contributed by atoms with Crippen molar-refractivity contribution in [3.63, 3.8) is 0 Å². The molecule has 15 atom stereocenters. The molecule has 2 aromatic heterocycles. The Hall–Kier alpha value is -12.2. The molecule has 1 saturated heterocycles. The molecule has 0 bridgehead atoms. The van der Waals surface area contributed by atoms with E-state index in [1.54, 1.807) is 55.4 Å². The summed E-state index contributed by atoms with van der Waals surface area (Å²) >= 11 is 0. The maximum atomic E-state index is 15.0. The van der Waals surface area contributed by atoms with Gasteiger partial charge in [-0.05, 0) is 120 Å². The summed E-state index contributed by atoms with van der Waals surface area (Å²) < 4.78 is 0. The standard InChI is InChI=1S/C77H131N27O21/c1-9-42(8)61(103-66(115)46(16-10-11-23-78)93-70(119)53(30-43-32-85-37-90-43)97-62(111)45(79)15-12-24-87-76(81)82)73(122)101-52(29-41(6)7)69(118)100-54(31-44-33-86-38-91-44)71(120)94-47(17-13-25-88-77(83)84)64(113)98-51(28-40(4)5)68(117)99-50(27-39(2)3)67(116)96-49(19-21-58(80)107)65(114)95-48(20-22-60(109)110)63(112)89-34-59(108)92-55(35-105)74(123)104-26-14-18-57(104)72(121)102-56(36-106)75(124)125/h32-33,37-42,45-57,61,105-106H,9-31,34-36,78-79H2,1-8H3,(H2,80,107)(H,85,90)(H,86,91)(H,89,112)(H,92,108)(H,93,119)(H,94,120)(H,95,114)(H,96,116)(H,97,111)(H,98,113)(H,99,117)(H,100,118)(H,101,122)(H,102,121)(H,103,115)(H,109,110)(H,124,125)(H4,81,82,87)(H4,83,84,88)/t42-,45-,46-,47-,48-,49-,50-,51-,52-,53-,54-,55-,56-,57-,61-/m0/s1. The number of aliphatic hydroxyl groups is 2. The number of aromatic nitrogens is 4. The Balaban J connectivity index is 1.96. The molecule has 0 radical (unpaired) electrons. The summed E-state index contributed by atoms with van der Waals surface area (Å²) in [6, 6.07) is -20.8. The van der Waals surface area contributed by atoms with Crippen molar-refractivity contribution in [2.45, 2.75) is 262 Å². The van der Waals surface area contributed by atoms with E-state index in [1.165, 1.54) is 25.0 Å². The highest BCUT2D eigenvalue weighted by Gasteiger charge is 2.42. The van der Waals surface area contributed by atoms with Crippen molar-refractivity contribution in [1.82, 2.24) is 94.0 Å². The number of nitrogens with two attached hydrogens (primary N) is 7. The number of carbonyl (C=O) groups excluding carboxylic acids is 15. The number of aliphatic imine (C=N–C) groups is 2. The van der Waals surface area contributed by atoms with Crippen LogP contribution >= 0.6 is 0 Å². The smallest absolute Gasteiger partial charge is 0.328 e. The molecule has 2 aromatic rings. The van der Waals surface area contributed by atoms with E-state index < -0.39 is 242 Å². The Morgan fingerprint density at radius 3 is 1.31 bits per heavy atom. The number of guanidine groups is 2. The van der Waals surface area contributed by atoms with E-state index in [1.807, 2.05) is 0 Å². The molecular formula is C77H131N27O21. The second kappa shape index (κ2) is 55.8. The normalized spacial score (nSPS) is 15.8. The van der Waals surface area contributed by atoms with Crippen LogP contribution in [0.4, 0.5) is 0 Å². The second-order valence-electron chi connectivity index (χ2n) is 31.9. The number of aromatic amines is 2. The molecular weight excluding hydrogens is 1640 g/mol. The van der Waals surface area contributed by atoms with Gasteiger partial charge in [0.25, 0.3) is 0 Å². The van der Waals surface area contributed by atoms with E-state index in [-0.39, 0.29) is 121 Å². The third-order valence-corrected chi connectivity index (χ3v) is 20.0. The number of H-pyrrole nitrogens is 2. The molecule has 125 heavy (non-hydrogen) atoms. The van der Waals surface area contributed by atoms with Crippen LogP contribution in [0.2, 0.25) is 0 Å². The lowest BCUT2D eigenvalue weighted by molar-refractivity contribution is -0.146. The lowest BCUT2D eigenvalue weighted by atomic mass is 9.96. The van der Waals surface area contributed by atoms with Crippen molar-refractivity contribution in [1.29, 1.82) is 0 Å². The number of nitrogens with one attached hydrogen (secondary N) is 15. The maximum Gasteiger partial charge on any atom is 0.328 e. The van der Waals surface area contributed by atoms with Crippen LogP contribution in [0.3, 0.4) is 0 Å². The number of nitrogens with zero attached hydrogens (tertiary/aromatic N) is 5. The van der Waals surface area contributed by atoms with Gasteiger partial charge in [0.05, 0.1) is 38.5 Å². The first-order valence-electron chi connectivity index (χ1n) is 41.7. The number of aliphatic hydroxyl groups excluding tert-OH is 2. The van der Waals surface area contributed by atoms with Gasteiger partial charge in [-0.15, -0.1) is 0 Å². The molecule has 48 nitrogen and oxygen atoms in total. The van der Waals surface area contributed by atoms with E-state index in [0.29, 0.717) is 37.1 Å². The van der Waals surface area contributed by atoms with Gasteiger partial charge in [0, 0.05) is 69.1 Å². The minimum Gasteiger partial charge on any atom is -0.481 e. The summed E-state index contributed by atoms with van der Waals surface area (Å²) in [4.78, 5) is 258. The fourth-order valence-electron chi connectivity index (χ4n) is 13.1. The average Bonchev–Trinajstić information content (AvgIpc) is 1.70. The maximum absolute atomic E-state index is 15.0. The highest BCUT2D eigenvalue weighted by molar-refractivity contribution is 6.01. The number of imidazole rings is 2. The minimum atomic E-state index is -1.79. The molecule has 0 aromatic carbocycles. The van der Waals surface area contributed by atoms with Gasteiger partial charge in [-0.2, -0.15) is 0 Å². The largest absolute Gasteiger partial charge is 0.481 e. The van der Waals surface area contributed by atoms with Gasteiger partial charge in [-0.3, -0.25) is 86.7 Å². The van der Waals surface area contributed by atoms with Gasteiger partial charge < -0.3 is 145 Å². The first kappa shape index (κ1) is 107. The number of rotatable bonds is 60. The molecule has 1 fully saturated rings. The van der Waals surface area contributed by atoms with Gasteiger partial charge in [0.2, 0.25) is 88.6 Å². The van der Waals surface area contributed by atoms with Gasteiger partial charge in [-0.25, -0.2) is 14.8 Å². The molecule has 33 N–H and O–H groups in total. The number of unbranched alkanes of at least 4 members (excludes halogenated alkanes) is 1. The Morgan fingerprint density at radius 1 is 0.480 bits per heavy atom. The summed E-state index contributed by atoms with van der Waals surface area (Å²) in [6.45, 7) is 11.1. The fraction of sp³-hybridized carbons (Fsp3) is 0.675. The van der Waals surface area contributed by atoms with E-state index in [2.05, 4.69) is 99.0 Å². The Bertz CT molecular complexity index is 3930. The fourth-order valence-corrected chi connectivity index (χ4v) is 13.1. The van der Waals surface area contributed by atoms with E-state index in [9.17, 15) is 102 Å². The molecule has 0 aliphatic carbocycles. The van der Waals surface area contributed by atoms with Crippen LogP contribution < -0.4 is 109 Å². The molecule has 15 amide bonds. The number of primary amides is 1. The van der Waals surface area contributed by atoms with Crippen LogP contribution in [0, 0.1) is 23.7 Å². The van der Waals surface area contributed by atoms with Crippen molar-refractivity contribution < 1.29 is 102 Å². The lowest BCUT2D eigenvalue weighted by Gasteiger charge is -2.30. The summed E-state index contributed by atoms with van der Waals surface area (Å²) in [5, 5.41) is 71.5. The molecule has 3 heterocycles. The van der Waals surface area contributed by atoms with E-state index >= 15 is 0 Å². The van der Waals surface area contributed by atoms with Gasteiger partial charge >= 0.3 is 11.9 Å². The topological polar surface area (TPSA) is 795 Å². The van der Waals surface area contributed by atoms with Crippen LogP contribution in [0.15, 0.2) is 35.0 Å². The van der Waals surface area contributed by atoms with Crippen LogP contribution in [0.1, 0.15) is 176 Å². The molecule has 0 saturated carbocycles. The SMILES string of the molecule is CC[C@H](C)[C@H](NC(=O)[C@H](CCCCN)NC(=O)[C@H](Cc1cnc[nH]1)NC(=O)[C@@H](N)CCCN=C(N)N)C(=O)N[C@@H](CC(C)C)C(=O)N[C@@H](Cc1cnc[nH]1)C(=O)N[C@@H](CCCN=C(N)N)C(=O)N[C@@H](CC(C)C)C(=O)N[C@@H](CC(C)C)C(=O)N[C@@H](CCC(N)=O)C(=O)N[C@@H](CCC(=O)O)C(=O)NCC(=O)N[C@@H](CO)C(=O)N1CCC[C@H]1C(=O)N[C@@H](CO)C(=O)O. The van der Waals surface area contributed by atoms with Crippen molar-refractivity contribution >= 4 is 112 Å². The Labute approximate surface area is 723 Å². The predicted octanol–water partition coefficient (Wildman–Crippen LogP) is -8.21. The molecule has 700 valence electrons. The summed E-state index contributed by atoms with van der Waals surface area (Å²) in [5.74, 6) is -19.4. The molecule has 1 aliphatic heterocycles. The van der Waals surface area contributed by atoms with Gasteiger partial charge in [0.1, 0.15) is 78.5 Å². The number of likely N-dealkylation sites (tertiary alicyclic amines) is 1. The molecule has 0 spiro atoms. The minimum absolute atomic E-state index is 0.0225. The zero-order valence-electron chi connectivity index (χ0n) is 72.1. The van der Waals surface area contributed by atoms with E-state index in [0.717, 1.165) is 4.90 Å². The molecule has 0 unspecified atom stereocenters. The predicted molar refractivity (Wildman–Crippen MR) is 451 cm³/mol. The van der Waals surface area contributed by atoms with Crippen LogP contribution in [-0.2, 0) is 94.3 Å². The number of carboxylic acids is 2. The summed E-state index contributed by atoms with van der Waals surface area (Å²) in [7, 11) is 0. The number of hydrogen-bond donors (Lipinski definition) is 26. The first-order valence-corrected chi connectivity index (χ1v) is 41.7. The number of carbonyl (C=O) groups is 17. The van der Waals surface area contributed by atoms with Crippen LogP contribution in [-0.4, -0.2) is 288 Å². The van der Waals surface area contributed by atoms with Crippen molar-refractivity contribution in [2.24, 2.45) is 73.8 Å². The van der Waals surface area contributed by atoms with Crippen LogP contribution in [0.5, 0.6) is 0 Å². The van der Waals surface area contributed by atoms with Crippen LogP contribution in [0.25, 0.3) is 0 Å². The average molecular weight is 1770 g/mol. The first-order chi connectivity index (χ1) is 59.0. The highest BCUT2D eigenvalue weighted by atomic mass is 16.4. The van der Waals surface area contributed by atoms with Gasteiger partial charge in [-0.1, -0.05) is 61.8 Å². The Kier molecular flexibility index (Phi) is 47.8. The highest BCUT2D eigenvalue weighted by Crippen LogP contribution is 2.21. The third kappa shape index (κ3) is 39.9. The monoisotopic (exact) mass is 1770 g/mol. The summed E-state index contributed by atoms with van der Waals surface area (Å²) in [6.07, 6.45) is 4.01. The number of amides is 15. The van der Waals surface area contributed by atoms with E-state index in [4.69, 9.17) is 40.1 Å². The molecule has 3 rings (SSSR count). The van der Waals surface area contributed by atoms with Crippen molar-refractivity contribution in [3.05, 3.63) is 36.4 Å². The number of hydrogen-bond acceptors (Lipinski definition) is 25. The third-order valence-electron chi connectivity index (χ3n) is 20.0. The molecule has 1 aliphatic rings. The quantitative estimate of drug-likeness (QED) is 0.0166. The van der Waals surface area contributed by atoms with Crippen molar-refractivity contribution in [2.75, 3.05) is 45.9 Å². The Morgan fingerprint density at radius 2 is 0.888 bits per heavy atom. The zero-order valence-corrected chi connectivity index (χ0v) is 72.1.